The number of rotatable bonds is 10. The first-order valence-corrected chi connectivity index (χ1v) is 20.9. The van der Waals surface area contributed by atoms with Crippen molar-refractivity contribution in [2.45, 2.75) is 13.1 Å². The van der Waals surface area contributed by atoms with E-state index in [-0.39, 0.29) is 0 Å². The van der Waals surface area contributed by atoms with Gasteiger partial charge in [0.25, 0.3) is 0 Å². The summed E-state index contributed by atoms with van der Waals surface area (Å²) >= 11 is 0. The first-order chi connectivity index (χ1) is 22.0. The molecule has 0 saturated carbocycles. The molecule has 0 aliphatic carbocycles. The highest BCUT2D eigenvalue weighted by molar-refractivity contribution is 7.81. The lowest BCUT2D eigenvalue weighted by Gasteiger charge is -2.34. The van der Waals surface area contributed by atoms with Crippen LogP contribution in [-0.4, -0.2) is 22.3 Å². The maximum atomic E-state index is 5.97. The van der Waals surface area contributed by atoms with Gasteiger partial charge in [0.15, 0.2) is 0 Å². The predicted octanol–water partition coefficient (Wildman–Crippen LogP) is 6.04. The molecule has 2 atom stereocenters. The lowest BCUT2D eigenvalue weighted by Crippen LogP contribution is -2.62. The Balaban J connectivity index is 1.58. The van der Waals surface area contributed by atoms with Crippen LogP contribution in [0.15, 0.2) is 158 Å². The smallest absolute Gasteiger partial charge is 0.127 e. The Hall–Kier alpha value is -4.00. The van der Waals surface area contributed by atoms with Gasteiger partial charge in [0.1, 0.15) is 19.6 Å². The second-order valence-corrected chi connectivity index (χ2v) is 20.0. The molecule has 0 saturated heterocycles. The van der Waals surface area contributed by atoms with Crippen LogP contribution in [0.25, 0.3) is 0 Å². The van der Waals surface area contributed by atoms with Crippen LogP contribution in [0.2, 0.25) is 13.1 Å². The average molecular weight is 641 g/mol. The Morgan fingerprint density at radius 2 is 0.689 bits per heavy atom. The quantitative estimate of drug-likeness (QED) is 0.134. The molecule has 6 aromatic carbocycles. The molecule has 0 heterocycles. The van der Waals surface area contributed by atoms with Gasteiger partial charge in [-0.05, 0) is 59.6 Å². The van der Waals surface area contributed by atoms with Crippen molar-refractivity contribution < 1.29 is 9.47 Å². The van der Waals surface area contributed by atoms with Gasteiger partial charge in [-0.2, -0.15) is 0 Å². The van der Waals surface area contributed by atoms with Crippen molar-refractivity contribution in [3.63, 3.8) is 0 Å². The molecule has 5 heteroatoms. The van der Waals surface area contributed by atoms with Gasteiger partial charge in [-0.25, -0.2) is 0 Å². The lowest BCUT2D eigenvalue weighted by molar-refractivity contribution is 0.418. The number of hydrogen-bond acceptors (Lipinski definition) is 2. The minimum absolute atomic E-state index is 0.873. The standard InChI is InChI=1S/C40H38O2P2Si/c1-41-33-23-11-13-25-35(33)43(31-19-7-5-8-20-31)37-27-15-17-29-39(37)45(3,4)40-30-18-16-28-38(40)44(32-21-9-6-10-22-32)36-26-14-12-24-34(36)42-2/h5-30H,1-4H3/t43-,44?/m1/s1. The Bertz CT molecular complexity index is 1740. The number of benzene rings is 6. The van der Waals surface area contributed by atoms with E-state index in [2.05, 4.69) is 171 Å². The average Bonchev–Trinajstić information content (AvgIpc) is 3.10. The van der Waals surface area contributed by atoms with Crippen molar-refractivity contribution in [3.05, 3.63) is 158 Å². The van der Waals surface area contributed by atoms with E-state index in [4.69, 9.17) is 9.47 Å². The fourth-order valence-corrected chi connectivity index (χ4v) is 16.2. The zero-order valence-electron chi connectivity index (χ0n) is 26.2. The summed E-state index contributed by atoms with van der Waals surface area (Å²) in [6.45, 7) is 5.04. The van der Waals surface area contributed by atoms with Crippen LogP contribution in [0.3, 0.4) is 0 Å². The summed E-state index contributed by atoms with van der Waals surface area (Å²) in [4.78, 5) is 0. The van der Waals surface area contributed by atoms with E-state index < -0.39 is 23.9 Å². The highest BCUT2D eigenvalue weighted by atomic mass is 31.1. The topological polar surface area (TPSA) is 18.5 Å². The second-order valence-electron chi connectivity index (χ2n) is 11.3. The molecule has 0 N–H and O–H groups in total. The van der Waals surface area contributed by atoms with Crippen LogP contribution in [0.4, 0.5) is 0 Å². The van der Waals surface area contributed by atoms with E-state index in [1.54, 1.807) is 14.2 Å². The first-order valence-electron chi connectivity index (χ1n) is 15.2. The number of ether oxygens (including phenoxy) is 2. The van der Waals surface area contributed by atoms with E-state index in [0.717, 1.165) is 11.5 Å². The molecule has 1 unspecified atom stereocenters. The maximum absolute atomic E-state index is 5.97. The van der Waals surface area contributed by atoms with E-state index in [1.807, 2.05) is 0 Å². The van der Waals surface area contributed by atoms with Crippen molar-refractivity contribution in [2.75, 3.05) is 14.2 Å². The van der Waals surface area contributed by atoms with Gasteiger partial charge in [-0.15, -0.1) is 0 Å². The third-order valence-electron chi connectivity index (χ3n) is 8.32. The SMILES string of the molecule is COc1ccccc1P(c1ccccc1)c1ccccc1[Si](C)(C)c1ccccc1[P@](c1ccccc1)c1ccccc1OC. The Morgan fingerprint density at radius 1 is 0.378 bits per heavy atom. The van der Waals surface area contributed by atoms with Crippen LogP contribution in [0.1, 0.15) is 0 Å². The van der Waals surface area contributed by atoms with Gasteiger partial charge in [0, 0.05) is 10.6 Å². The molecule has 0 radical (unpaired) electrons. The Morgan fingerprint density at radius 3 is 1.07 bits per heavy atom. The highest BCUT2D eigenvalue weighted by Crippen LogP contribution is 2.38. The van der Waals surface area contributed by atoms with E-state index >= 15 is 0 Å². The molecule has 0 fully saturated rings. The summed E-state index contributed by atoms with van der Waals surface area (Å²) in [5.74, 6) is 1.87. The van der Waals surface area contributed by atoms with Gasteiger partial charge in [-0.1, -0.05) is 159 Å². The van der Waals surface area contributed by atoms with Crippen LogP contribution < -0.4 is 51.7 Å². The van der Waals surface area contributed by atoms with Crippen molar-refractivity contribution >= 4 is 66.1 Å². The molecule has 2 nitrogen and oxygen atoms in total. The molecule has 6 rings (SSSR count). The van der Waals surface area contributed by atoms with E-state index in [0.29, 0.717) is 0 Å². The van der Waals surface area contributed by atoms with Crippen LogP contribution >= 0.6 is 15.8 Å². The van der Waals surface area contributed by atoms with Gasteiger partial charge in [-0.3, -0.25) is 0 Å². The third kappa shape index (κ3) is 6.27. The molecular formula is C40H38O2P2Si. The van der Waals surface area contributed by atoms with Gasteiger partial charge < -0.3 is 9.47 Å². The van der Waals surface area contributed by atoms with Crippen LogP contribution in [0.5, 0.6) is 11.5 Å². The summed E-state index contributed by atoms with van der Waals surface area (Å²) < 4.78 is 11.9. The first kappa shape index (κ1) is 31.0. The largest absolute Gasteiger partial charge is 0.496 e. The normalized spacial score (nSPS) is 12.7. The fraction of sp³-hybridized carbons (Fsp3) is 0.100. The fourth-order valence-electron chi connectivity index (χ4n) is 6.14. The molecule has 0 aliphatic heterocycles. The molecule has 0 spiro atoms. The Kier molecular flexibility index (Phi) is 9.62. The molecular weight excluding hydrogens is 602 g/mol. The second kappa shape index (κ2) is 14.0. The summed E-state index contributed by atoms with van der Waals surface area (Å²) in [7, 11) is -0.494. The minimum Gasteiger partial charge on any atom is -0.496 e. The van der Waals surface area contributed by atoms with E-state index in [1.165, 1.54) is 42.2 Å². The zero-order valence-corrected chi connectivity index (χ0v) is 29.0. The monoisotopic (exact) mass is 640 g/mol. The molecule has 0 bridgehead atoms. The molecule has 0 aromatic heterocycles. The van der Waals surface area contributed by atoms with Crippen LogP contribution in [0, 0.1) is 0 Å². The maximum Gasteiger partial charge on any atom is 0.127 e. The molecule has 0 aliphatic rings. The summed E-state index contributed by atoms with van der Waals surface area (Å²) in [6.07, 6.45) is 0. The van der Waals surface area contributed by atoms with Gasteiger partial charge in [0.05, 0.1) is 14.2 Å². The van der Waals surface area contributed by atoms with Gasteiger partial charge >= 0.3 is 0 Å². The van der Waals surface area contributed by atoms with Crippen LogP contribution in [-0.2, 0) is 0 Å². The summed E-state index contributed by atoms with van der Waals surface area (Å²) in [6, 6.07) is 57.3. The number of para-hydroxylation sites is 2. The molecule has 224 valence electrons. The predicted molar refractivity (Wildman–Crippen MR) is 200 cm³/mol. The van der Waals surface area contributed by atoms with Crippen molar-refractivity contribution in [1.82, 2.24) is 0 Å². The molecule has 6 aromatic rings. The zero-order chi connectivity index (χ0) is 31.2. The van der Waals surface area contributed by atoms with Crippen molar-refractivity contribution in [2.24, 2.45) is 0 Å². The number of methoxy groups -OCH3 is 2. The molecule has 45 heavy (non-hydrogen) atoms. The minimum atomic E-state index is -2.31. The Labute approximate surface area is 271 Å². The van der Waals surface area contributed by atoms with Crippen molar-refractivity contribution in [3.8, 4) is 11.5 Å². The highest BCUT2D eigenvalue weighted by Gasteiger charge is 2.36. The number of hydrogen-bond donors (Lipinski definition) is 0. The lowest BCUT2D eigenvalue weighted by atomic mass is 10.3. The van der Waals surface area contributed by atoms with Gasteiger partial charge in [0.2, 0.25) is 0 Å². The third-order valence-corrected chi connectivity index (χ3v) is 17.4. The summed E-state index contributed by atoms with van der Waals surface area (Å²) in [5, 5.41) is 10.8. The van der Waals surface area contributed by atoms with E-state index in [9.17, 15) is 0 Å². The summed E-state index contributed by atoms with van der Waals surface area (Å²) in [5.41, 5.74) is 0. The van der Waals surface area contributed by atoms with Crippen molar-refractivity contribution in [1.29, 1.82) is 0 Å². The molecule has 0 amide bonds.